The number of fused-ring (bicyclic) bond motifs is 1. The van der Waals surface area contributed by atoms with Crippen LogP contribution in [-0.4, -0.2) is 29.5 Å². The number of alkyl halides is 2. The average Bonchev–Trinajstić information content (AvgIpc) is 3.20. The fraction of sp³-hybridized carbons (Fsp3) is 0.263. The second-order valence-corrected chi connectivity index (χ2v) is 6.95. The van der Waals surface area contributed by atoms with Gasteiger partial charge in [0.25, 0.3) is 11.5 Å². The molecular formula is C19H18F2N6O. The van der Waals surface area contributed by atoms with Gasteiger partial charge in [0.1, 0.15) is 11.1 Å². The van der Waals surface area contributed by atoms with E-state index in [1.807, 2.05) is 0 Å². The van der Waals surface area contributed by atoms with Gasteiger partial charge in [0, 0.05) is 31.9 Å². The summed E-state index contributed by atoms with van der Waals surface area (Å²) in [6.45, 7) is 4.34. The first-order valence-electron chi connectivity index (χ1n) is 8.63. The van der Waals surface area contributed by atoms with Crippen molar-refractivity contribution >= 4 is 11.0 Å². The van der Waals surface area contributed by atoms with E-state index in [0.717, 1.165) is 6.92 Å². The standard InChI is InChI=1S/C19H18F2N6O/c1-10-7-12(19(3,20)21)8-11(2)15(10)27-9-13-16(25-27)22-17(23-18(13)28)14-5-6-26(4)24-14/h5-9H,1-4H3,(H,22,23,25,28). The maximum Gasteiger partial charge on any atom is 0.270 e. The first-order valence-corrected chi connectivity index (χ1v) is 8.63. The van der Waals surface area contributed by atoms with E-state index in [-0.39, 0.29) is 16.8 Å². The summed E-state index contributed by atoms with van der Waals surface area (Å²) in [5, 5.41) is 8.96. The SMILES string of the molecule is Cc1cc(C(C)(F)F)cc(C)c1-n1cc2c(=O)[nH]c(-c3ccn(C)n3)nc2n1. The monoisotopic (exact) mass is 384 g/mol. The van der Waals surface area contributed by atoms with E-state index in [4.69, 9.17) is 0 Å². The summed E-state index contributed by atoms with van der Waals surface area (Å²) in [5.41, 5.74) is 2.28. The fourth-order valence-corrected chi connectivity index (χ4v) is 3.26. The van der Waals surface area contributed by atoms with Gasteiger partial charge in [-0.1, -0.05) is 0 Å². The van der Waals surface area contributed by atoms with Crippen molar-refractivity contribution in [3.05, 3.63) is 57.6 Å². The molecule has 0 saturated carbocycles. The van der Waals surface area contributed by atoms with Crippen LogP contribution in [0.15, 0.2) is 35.4 Å². The highest BCUT2D eigenvalue weighted by Gasteiger charge is 2.26. The molecule has 3 aromatic heterocycles. The smallest absolute Gasteiger partial charge is 0.270 e. The van der Waals surface area contributed by atoms with Crippen LogP contribution < -0.4 is 5.56 Å². The molecule has 0 fully saturated rings. The number of benzene rings is 1. The summed E-state index contributed by atoms with van der Waals surface area (Å²) >= 11 is 0. The molecule has 1 aromatic carbocycles. The summed E-state index contributed by atoms with van der Waals surface area (Å²) in [5.74, 6) is -2.61. The van der Waals surface area contributed by atoms with E-state index < -0.39 is 5.92 Å². The number of hydrogen-bond donors (Lipinski definition) is 1. The summed E-state index contributed by atoms with van der Waals surface area (Å²) in [6.07, 6.45) is 3.30. The van der Waals surface area contributed by atoms with Gasteiger partial charge in [0.2, 0.25) is 0 Å². The zero-order valence-corrected chi connectivity index (χ0v) is 15.8. The van der Waals surface area contributed by atoms with Crippen molar-refractivity contribution in [2.24, 2.45) is 7.05 Å². The van der Waals surface area contributed by atoms with Gasteiger partial charge in [-0.15, -0.1) is 5.10 Å². The van der Waals surface area contributed by atoms with Gasteiger partial charge in [0.05, 0.1) is 5.69 Å². The lowest BCUT2D eigenvalue weighted by molar-refractivity contribution is 0.0173. The summed E-state index contributed by atoms with van der Waals surface area (Å²) < 4.78 is 30.5. The molecule has 0 bridgehead atoms. The Morgan fingerprint density at radius 1 is 1.14 bits per heavy atom. The Morgan fingerprint density at radius 3 is 2.39 bits per heavy atom. The molecule has 9 heteroatoms. The third-order valence-electron chi connectivity index (χ3n) is 4.57. The largest absolute Gasteiger partial charge is 0.304 e. The van der Waals surface area contributed by atoms with E-state index in [0.29, 0.717) is 33.7 Å². The number of hydrogen-bond acceptors (Lipinski definition) is 4. The van der Waals surface area contributed by atoms with Crippen molar-refractivity contribution in [1.29, 1.82) is 0 Å². The van der Waals surface area contributed by atoms with E-state index in [1.165, 1.54) is 16.8 Å². The Morgan fingerprint density at radius 2 is 1.82 bits per heavy atom. The maximum atomic E-state index is 13.7. The first-order chi connectivity index (χ1) is 13.1. The molecule has 4 aromatic rings. The summed E-state index contributed by atoms with van der Waals surface area (Å²) in [4.78, 5) is 19.6. The lowest BCUT2D eigenvalue weighted by atomic mass is 10.0. The molecule has 144 valence electrons. The van der Waals surface area contributed by atoms with Crippen LogP contribution in [0.2, 0.25) is 0 Å². The summed E-state index contributed by atoms with van der Waals surface area (Å²) in [6, 6.07) is 4.61. The molecule has 0 saturated heterocycles. The van der Waals surface area contributed by atoms with Gasteiger partial charge < -0.3 is 4.98 Å². The average molecular weight is 384 g/mol. The zero-order valence-electron chi connectivity index (χ0n) is 15.8. The number of aromatic nitrogens is 6. The van der Waals surface area contributed by atoms with Gasteiger partial charge in [0.15, 0.2) is 11.5 Å². The molecule has 0 spiro atoms. The molecule has 3 heterocycles. The van der Waals surface area contributed by atoms with Crippen molar-refractivity contribution in [3.8, 4) is 17.2 Å². The van der Waals surface area contributed by atoms with E-state index in [2.05, 4.69) is 20.2 Å². The van der Waals surface area contributed by atoms with Crippen LogP contribution in [-0.2, 0) is 13.0 Å². The quantitative estimate of drug-likeness (QED) is 0.588. The Kier molecular flexibility index (Phi) is 3.91. The van der Waals surface area contributed by atoms with Crippen molar-refractivity contribution in [2.75, 3.05) is 0 Å². The first kappa shape index (κ1) is 18.0. The van der Waals surface area contributed by atoms with Crippen LogP contribution in [0.25, 0.3) is 28.2 Å². The van der Waals surface area contributed by atoms with Gasteiger partial charge in [-0.05, 0) is 43.2 Å². The van der Waals surface area contributed by atoms with Gasteiger partial charge in [-0.2, -0.15) is 5.10 Å². The van der Waals surface area contributed by atoms with E-state index in [1.54, 1.807) is 44.0 Å². The lowest BCUT2D eigenvalue weighted by Gasteiger charge is -2.16. The highest BCUT2D eigenvalue weighted by atomic mass is 19.3. The number of rotatable bonds is 3. The molecule has 4 rings (SSSR count). The van der Waals surface area contributed by atoms with Crippen molar-refractivity contribution < 1.29 is 8.78 Å². The third-order valence-corrected chi connectivity index (χ3v) is 4.57. The van der Waals surface area contributed by atoms with Crippen LogP contribution in [0, 0.1) is 13.8 Å². The van der Waals surface area contributed by atoms with Crippen molar-refractivity contribution in [1.82, 2.24) is 29.5 Å². The number of nitrogens with zero attached hydrogens (tertiary/aromatic N) is 5. The predicted octanol–water partition coefficient (Wildman–Crippen LogP) is 3.24. The third kappa shape index (κ3) is 2.98. The molecule has 0 atom stereocenters. The van der Waals surface area contributed by atoms with Crippen LogP contribution in [0.5, 0.6) is 0 Å². The predicted molar refractivity (Wildman–Crippen MR) is 101 cm³/mol. The molecule has 7 nitrogen and oxygen atoms in total. The highest BCUT2D eigenvalue weighted by molar-refractivity contribution is 5.75. The number of aromatic amines is 1. The molecular weight excluding hydrogens is 366 g/mol. The zero-order chi connectivity index (χ0) is 20.2. The molecule has 0 radical (unpaired) electrons. The molecule has 0 aliphatic heterocycles. The van der Waals surface area contributed by atoms with Gasteiger partial charge in [-0.25, -0.2) is 18.4 Å². The van der Waals surface area contributed by atoms with Crippen molar-refractivity contribution in [3.63, 3.8) is 0 Å². The number of aryl methyl sites for hydroxylation is 3. The number of nitrogens with one attached hydrogen (secondary N) is 1. The molecule has 0 aliphatic rings. The molecule has 0 unspecified atom stereocenters. The number of halogens is 2. The highest BCUT2D eigenvalue weighted by Crippen LogP contribution is 2.31. The van der Waals surface area contributed by atoms with Crippen LogP contribution >= 0.6 is 0 Å². The van der Waals surface area contributed by atoms with E-state index >= 15 is 0 Å². The minimum Gasteiger partial charge on any atom is -0.304 e. The minimum atomic E-state index is -2.93. The van der Waals surface area contributed by atoms with E-state index in [9.17, 15) is 13.6 Å². The fourth-order valence-electron chi connectivity index (χ4n) is 3.26. The summed E-state index contributed by atoms with van der Waals surface area (Å²) in [7, 11) is 1.77. The van der Waals surface area contributed by atoms with Gasteiger partial charge in [-0.3, -0.25) is 9.48 Å². The topological polar surface area (TPSA) is 81.4 Å². The lowest BCUT2D eigenvalue weighted by Crippen LogP contribution is -2.10. The second kappa shape index (κ2) is 6.08. The van der Waals surface area contributed by atoms with Crippen LogP contribution in [0.1, 0.15) is 23.6 Å². The Balaban J connectivity index is 1.87. The Hall–Kier alpha value is -3.36. The maximum absolute atomic E-state index is 13.7. The molecule has 28 heavy (non-hydrogen) atoms. The van der Waals surface area contributed by atoms with Crippen LogP contribution in [0.4, 0.5) is 8.78 Å². The molecule has 0 amide bonds. The molecule has 0 aliphatic carbocycles. The molecule has 1 N–H and O–H groups in total. The van der Waals surface area contributed by atoms with Crippen molar-refractivity contribution in [2.45, 2.75) is 26.7 Å². The minimum absolute atomic E-state index is 0.0589. The Bertz CT molecular complexity index is 1240. The Labute approximate surface area is 158 Å². The van der Waals surface area contributed by atoms with Gasteiger partial charge >= 0.3 is 0 Å². The normalized spacial score (nSPS) is 12.1. The van der Waals surface area contributed by atoms with Crippen LogP contribution in [0.3, 0.4) is 0 Å². The number of H-pyrrole nitrogens is 1. The second-order valence-electron chi connectivity index (χ2n) is 6.95.